The average Bonchev–Trinajstić information content (AvgIpc) is 3.01. The van der Waals surface area contributed by atoms with E-state index < -0.39 is 6.04 Å². The molecule has 0 bridgehead atoms. The highest BCUT2D eigenvalue weighted by molar-refractivity contribution is 5.92. The fraction of sp³-hybridized carbons (Fsp3) is 0.438. The third kappa shape index (κ3) is 3.27. The first-order valence-electron chi connectivity index (χ1n) is 7.96. The van der Waals surface area contributed by atoms with Crippen LogP contribution >= 0.6 is 0 Å². The van der Waals surface area contributed by atoms with Gasteiger partial charge in [0.2, 0.25) is 11.8 Å². The zero-order valence-electron chi connectivity index (χ0n) is 13.7. The van der Waals surface area contributed by atoms with Crippen LogP contribution in [-0.2, 0) is 17.6 Å². The van der Waals surface area contributed by atoms with Crippen LogP contribution in [0.3, 0.4) is 0 Å². The number of nitrogens with zero attached hydrogens (tertiary/aromatic N) is 4. The summed E-state index contributed by atoms with van der Waals surface area (Å²) in [4.78, 5) is 32.5. The van der Waals surface area contributed by atoms with Crippen LogP contribution in [0.15, 0.2) is 23.3 Å². The lowest BCUT2D eigenvalue weighted by molar-refractivity contribution is -0.119. The van der Waals surface area contributed by atoms with Gasteiger partial charge >= 0.3 is 0 Å². The second kappa shape index (κ2) is 6.77. The van der Waals surface area contributed by atoms with Crippen LogP contribution in [-0.4, -0.2) is 32.3 Å². The Morgan fingerprint density at radius 3 is 3.00 bits per heavy atom. The molecule has 0 aromatic carbocycles. The van der Waals surface area contributed by atoms with Crippen LogP contribution in [0.25, 0.3) is 0 Å². The molecule has 3 rings (SSSR count). The quantitative estimate of drug-likeness (QED) is 0.882. The van der Waals surface area contributed by atoms with Gasteiger partial charge in [-0.15, -0.1) is 0 Å². The number of hydrogen-bond acceptors (Lipinski definition) is 6. The van der Waals surface area contributed by atoms with Crippen molar-refractivity contribution in [1.29, 1.82) is 0 Å². The number of rotatable bonds is 5. The van der Waals surface area contributed by atoms with Gasteiger partial charge in [0.15, 0.2) is 0 Å². The van der Waals surface area contributed by atoms with Crippen molar-refractivity contribution >= 4 is 11.7 Å². The second-order valence-corrected chi connectivity index (χ2v) is 5.59. The van der Waals surface area contributed by atoms with Gasteiger partial charge in [-0.1, -0.05) is 0 Å². The number of ether oxygens (including phenoxy) is 1. The minimum atomic E-state index is -0.742. The lowest BCUT2D eigenvalue weighted by atomic mass is 10.2. The van der Waals surface area contributed by atoms with Gasteiger partial charge in [-0.05, 0) is 38.7 Å². The van der Waals surface area contributed by atoms with Crippen molar-refractivity contribution in [3.8, 4) is 5.88 Å². The summed E-state index contributed by atoms with van der Waals surface area (Å²) in [6.07, 6.45) is 4.02. The van der Waals surface area contributed by atoms with Crippen LogP contribution in [0.1, 0.15) is 37.6 Å². The van der Waals surface area contributed by atoms with E-state index in [-0.39, 0.29) is 11.5 Å². The molecule has 1 N–H and O–H groups in total. The van der Waals surface area contributed by atoms with Crippen LogP contribution in [0.5, 0.6) is 5.88 Å². The number of hydrogen-bond donors (Lipinski definition) is 1. The standard InChI is InChI=1S/C16H19N5O3/c1-3-24-14-8-13(17-9-18-14)19-16(23)10(2)21-15(22)7-11-5-4-6-12(11)20-21/h7-10H,3-6H2,1-2H3,(H,17,18,19,23). The number of carbonyl (C=O) groups is 1. The molecule has 8 nitrogen and oxygen atoms in total. The summed E-state index contributed by atoms with van der Waals surface area (Å²) in [5.74, 6) is 0.325. The number of nitrogens with one attached hydrogen (secondary N) is 1. The summed E-state index contributed by atoms with van der Waals surface area (Å²) in [5, 5.41) is 7.01. The van der Waals surface area contributed by atoms with E-state index >= 15 is 0 Å². The van der Waals surface area contributed by atoms with E-state index in [1.165, 1.54) is 17.1 Å². The van der Waals surface area contributed by atoms with E-state index in [2.05, 4.69) is 20.4 Å². The summed E-state index contributed by atoms with van der Waals surface area (Å²) in [7, 11) is 0. The third-order valence-corrected chi connectivity index (χ3v) is 3.91. The Morgan fingerprint density at radius 2 is 2.21 bits per heavy atom. The summed E-state index contributed by atoms with van der Waals surface area (Å²) in [6, 6.07) is 2.37. The van der Waals surface area contributed by atoms with E-state index in [4.69, 9.17) is 4.74 Å². The number of carbonyl (C=O) groups excluding carboxylic acids is 1. The van der Waals surface area contributed by atoms with E-state index in [9.17, 15) is 9.59 Å². The number of aryl methyl sites for hydroxylation is 2. The van der Waals surface area contributed by atoms with Crippen molar-refractivity contribution in [3.63, 3.8) is 0 Å². The van der Waals surface area contributed by atoms with E-state index in [1.54, 1.807) is 13.0 Å². The van der Waals surface area contributed by atoms with Crippen molar-refractivity contribution < 1.29 is 9.53 Å². The van der Waals surface area contributed by atoms with Crippen LogP contribution in [0.2, 0.25) is 0 Å². The Labute approximate surface area is 138 Å². The summed E-state index contributed by atoms with van der Waals surface area (Å²) in [5.41, 5.74) is 1.62. The molecule has 126 valence electrons. The van der Waals surface area contributed by atoms with Crippen molar-refractivity contribution in [2.24, 2.45) is 0 Å². The molecule has 1 amide bonds. The average molecular weight is 329 g/mol. The van der Waals surface area contributed by atoms with Crippen molar-refractivity contribution in [1.82, 2.24) is 19.7 Å². The van der Waals surface area contributed by atoms with Gasteiger partial charge in [0.1, 0.15) is 18.2 Å². The molecule has 8 heteroatoms. The largest absolute Gasteiger partial charge is 0.478 e. The molecule has 0 saturated heterocycles. The fourth-order valence-corrected chi connectivity index (χ4v) is 2.67. The highest BCUT2D eigenvalue weighted by Gasteiger charge is 2.21. The summed E-state index contributed by atoms with van der Waals surface area (Å²) in [6.45, 7) is 3.94. The molecular weight excluding hydrogens is 310 g/mol. The smallest absolute Gasteiger partial charge is 0.267 e. The van der Waals surface area contributed by atoms with Gasteiger partial charge in [0.05, 0.1) is 12.3 Å². The Morgan fingerprint density at radius 1 is 1.38 bits per heavy atom. The molecule has 2 aromatic heterocycles. The normalized spacial score (nSPS) is 14.1. The molecule has 24 heavy (non-hydrogen) atoms. The van der Waals surface area contributed by atoms with Crippen molar-refractivity contribution in [3.05, 3.63) is 40.1 Å². The lowest BCUT2D eigenvalue weighted by Crippen LogP contribution is -2.34. The highest BCUT2D eigenvalue weighted by atomic mass is 16.5. The predicted octanol–water partition coefficient (Wildman–Crippen LogP) is 1.12. The van der Waals surface area contributed by atoms with Gasteiger partial charge in [0.25, 0.3) is 5.56 Å². The molecule has 0 fully saturated rings. The van der Waals surface area contributed by atoms with E-state index in [1.807, 2.05) is 6.92 Å². The van der Waals surface area contributed by atoms with Gasteiger partial charge in [0, 0.05) is 12.1 Å². The Hall–Kier alpha value is -2.77. The monoisotopic (exact) mass is 329 g/mol. The molecule has 0 saturated carbocycles. The number of anilines is 1. The molecule has 1 unspecified atom stereocenters. The SMILES string of the molecule is CCOc1cc(NC(=O)C(C)n2nc3c(cc2=O)CCC3)ncn1. The first kappa shape index (κ1) is 16.1. The minimum absolute atomic E-state index is 0.268. The van der Waals surface area contributed by atoms with E-state index in [0.29, 0.717) is 18.3 Å². The zero-order chi connectivity index (χ0) is 17.1. The first-order chi connectivity index (χ1) is 11.6. The maximum absolute atomic E-state index is 12.4. The molecule has 0 aliphatic heterocycles. The van der Waals surface area contributed by atoms with Gasteiger partial charge in [-0.25, -0.2) is 14.6 Å². The zero-order valence-corrected chi connectivity index (χ0v) is 13.7. The lowest BCUT2D eigenvalue weighted by Gasteiger charge is -2.15. The molecule has 1 aliphatic rings. The van der Waals surface area contributed by atoms with Crippen LogP contribution in [0.4, 0.5) is 5.82 Å². The maximum atomic E-state index is 12.4. The number of fused-ring (bicyclic) bond motifs is 1. The van der Waals surface area contributed by atoms with Gasteiger partial charge in [-0.3, -0.25) is 9.59 Å². The Balaban J connectivity index is 1.78. The summed E-state index contributed by atoms with van der Waals surface area (Å²) >= 11 is 0. The Bertz CT molecular complexity index is 818. The minimum Gasteiger partial charge on any atom is -0.478 e. The first-order valence-corrected chi connectivity index (χ1v) is 7.96. The fourth-order valence-electron chi connectivity index (χ4n) is 2.67. The molecule has 1 aliphatic carbocycles. The Kier molecular flexibility index (Phi) is 4.54. The number of amides is 1. The maximum Gasteiger partial charge on any atom is 0.267 e. The number of aromatic nitrogens is 4. The molecule has 2 heterocycles. The second-order valence-electron chi connectivity index (χ2n) is 5.59. The van der Waals surface area contributed by atoms with Crippen molar-refractivity contribution in [2.45, 2.75) is 39.2 Å². The summed E-state index contributed by atoms with van der Waals surface area (Å²) < 4.78 is 6.50. The molecular formula is C16H19N5O3. The highest BCUT2D eigenvalue weighted by Crippen LogP contribution is 2.18. The third-order valence-electron chi connectivity index (χ3n) is 3.91. The molecule has 0 radical (unpaired) electrons. The molecule has 0 spiro atoms. The van der Waals surface area contributed by atoms with Gasteiger partial charge in [-0.2, -0.15) is 5.10 Å². The topological polar surface area (TPSA) is 99.0 Å². The molecule has 2 aromatic rings. The predicted molar refractivity (Wildman–Crippen MR) is 87.1 cm³/mol. The van der Waals surface area contributed by atoms with Crippen LogP contribution < -0.4 is 15.6 Å². The van der Waals surface area contributed by atoms with Gasteiger partial charge < -0.3 is 10.1 Å². The van der Waals surface area contributed by atoms with Crippen LogP contribution in [0, 0.1) is 0 Å². The van der Waals surface area contributed by atoms with E-state index in [0.717, 1.165) is 30.5 Å². The molecule has 1 atom stereocenters. The van der Waals surface area contributed by atoms with Crippen molar-refractivity contribution in [2.75, 3.05) is 11.9 Å².